The van der Waals surface area contributed by atoms with Crippen molar-refractivity contribution in [2.45, 2.75) is 25.7 Å². The van der Waals surface area contributed by atoms with Crippen molar-refractivity contribution in [2.24, 2.45) is 5.92 Å². The van der Waals surface area contributed by atoms with Crippen LogP contribution in [0.2, 0.25) is 0 Å². The van der Waals surface area contributed by atoms with Crippen molar-refractivity contribution in [1.82, 2.24) is 5.32 Å². The van der Waals surface area contributed by atoms with E-state index in [1.165, 1.54) is 56.6 Å². The number of rotatable bonds is 2. The average molecular weight is 230 g/mol. The van der Waals surface area contributed by atoms with Crippen LogP contribution in [-0.4, -0.2) is 26.7 Å². The fraction of sp³-hybridized carbons (Fsp3) is 0.600. The maximum absolute atomic E-state index is 3.45. The Bertz CT molecular complexity index is 394. The highest BCUT2D eigenvalue weighted by molar-refractivity contribution is 5.56. The molecular formula is C15H22N2. The zero-order valence-corrected chi connectivity index (χ0v) is 10.7. The predicted molar refractivity (Wildman–Crippen MR) is 72.7 cm³/mol. The summed E-state index contributed by atoms with van der Waals surface area (Å²) >= 11 is 0. The van der Waals surface area contributed by atoms with Crippen LogP contribution in [-0.2, 0) is 12.8 Å². The smallest absolute Gasteiger partial charge is 0.0396 e. The summed E-state index contributed by atoms with van der Waals surface area (Å²) in [5, 5.41) is 3.45. The number of fused-ring (bicyclic) bond motifs is 1. The number of anilines is 1. The summed E-state index contributed by atoms with van der Waals surface area (Å²) in [6, 6.07) is 7.11. The minimum atomic E-state index is 0.856. The van der Waals surface area contributed by atoms with E-state index in [-0.39, 0.29) is 0 Å². The van der Waals surface area contributed by atoms with Gasteiger partial charge in [0.05, 0.1) is 0 Å². The van der Waals surface area contributed by atoms with Gasteiger partial charge in [0.2, 0.25) is 0 Å². The van der Waals surface area contributed by atoms with Crippen molar-refractivity contribution >= 4 is 5.69 Å². The highest BCUT2D eigenvalue weighted by Crippen LogP contribution is 2.28. The zero-order chi connectivity index (χ0) is 11.7. The van der Waals surface area contributed by atoms with Gasteiger partial charge >= 0.3 is 0 Å². The van der Waals surface area contributed by atoms with Crippen molar-refractivity contribution in [1.29, 1.82) is 0 Å². The molecule has 0 amide bonds. The standard InChI is InChI=1S/C15H22N2/c1-17-8-2-3-14-10-12(4-5-15(14)17)9-13-6-7-16-11-13/h4-5,10,13,16H,2-3,6-9,11H2,1H3. The zero-order valence-electron chi connectivity index (χ0n) is 10.7. The second-order valence-electron chi connectivity index (χ2n) is 5.55. The molecule has 1 atom stereocenters. The number of hydrogen-bond donors (Lipinski definition) is 1. The molecule has 1 unspecified atom stereocenters. The maximum atomic E-state index is 3.45. The molecule has 1 saturated heterocycles. The Kier molecular flexibility index (Phi) is 3.06. The van der Waals surface area contributed by atoms with Crippen molar-refractivity contribution in [3.63, 3.8) is 0 Å². The molecule has 1 aromatic rings. The summed E-state index contributed by atoms with van der Waals surface area (Å²) in [6.07, 6.45) is 5.16. The summed E-state index contributed by atoms with van der Waals surface area (Å²) in [7, 11) is 2.21. The van der Waals surface area contributed by atoms with E-state index in [1.807, 2.05) is 0 Å². The van der Waals surface area contributed by atoms with Crippen molar-refractivity contribution in [3.05, 3.63) is 29.3 Å². The van der Waals surface area contributed by atoms with Gasteiger partial charge in [-0.3, -0.25) is 0 Å². The minimum absolute atomic E-state index is 0.856. The van der Waals surface area contributed by atoms with E-state index in [4.69, 9.17) is 0 Å². The molecule has 1 aromatic carbocycles. The highest BCUT2D eigenvalue weighted by atomic mass is 15.1. The highest BCUT2D eigenvalue weighted by Gasteiger charge is 2.17. The summed E-state index contributed by atoms with van der Waals surface area (Å²) in [5.41, 5.74) is 4.54. The van der Waals surface area contributed by atoms with Gasteiger partial charge in [0.1, 0.15) is 0 Å². The van der Waals surface area contributed by atoms with E-state index in [1.54, 1.807) is 5.56 Å². The van der Waals surface area contributed by atoms with Crippen LogP contribution in [0.5, 0.6) is 0 Å². The third kappa shape index (κ3) is 2.32. The number of benzene rings is 1. The van der Waals surface area contributed by atoms with Crippen LogP contribution in [0, 0.1) is 5.92 Å². The lowest BCUT2D eigenvalue weighted by molar-refractivity contribution is 0.579. The van der Waals surface area contributed by atoms with E-state index in [9.17, 15) is 0 Å². The molecule has 2 heterocycles. The normalized spacial score (nSPS) is 23.8. The second kappa shape index (κ2) is 4.69. The Morgan fingerprint density at radius 1 is 1.41 bits per heavy atom. The lowest BCUT2D eigenvalue weighted by atomic mass is 9.94. The van der Waals surface area contributed by atoms with Crippen LogP contribution in [0.1, 0.15) is 24.0 Å². The number of aryl methyl sites for hydroxylation is 1. The van der Waals surface area contributed by atoms with Crippen LogP contribution < -0.4 is 10.2 Å². The molecule has 17 heavy (non-hydrogen) atoms. The van der Waals surface area contributed by atoms with Gasteiger partial charge in [0.15, 0.2) is 0 Å². The van der Waals surface area contributed by atoms with Gasteiger partial charge in [0.25, 0.3) is 0 Å². The monoisotopic (exact) mass is 230 g/mol. The first-order valence-corrected chi connectivity index (χ1v) is 6.86. The molecule has 2 nitrogen and oxygen atoms in total. The Balaban J connectivity index is 1.77. The first kappa shape index (κ1) is 11.1. The first-order valence-electron chi connectivity index (χ1n) is 6.86. The molecule has 2 aliphatic rings. The molecule has 0 spiro atoms. The molecular weight excluding hydrogens is 208 g/mol. The number of nitrogens with zero attached hydrogens (tertiary/aromatic N) is 1. The fourth-order valence-electron chi connectivity index (χ4n) is 3.19. The summed E-state index contributed by atoms with van der Waals surface area (Å²) in [5.74, 6) is 0.856. The molecule has 1 N–H and O–H groups in total. The Morgan fingerprint density at radius 3 is 3.18 bits per heavy atom. The molecule has 3 rings (SSSR count). The molecule has 0 saturated carbocycles. The van der Waals surface area contributed by atoms with Gasteiger partial charge < -0.3 is 10.2 Å². The lowest BCUT2D eigenvalue weighted by Crippen LogP contribution is -2.24. The maximum Gasteiger partial charge on any atom is 0.0396 e. The van der Waals surface area contributed by atoms with E-state index in [0.717, 1.165) is 5.92 Å². The third-order valence-electron chi connectivity index (χ3n) is 4.18. The Morgan fingerprint density at radius 2 is 2.35 bits per heavy atom. The molecule has 0 radical (unpaired) electrons. The lowest BCUT2D eigenvalue weighted by Gasteiger charge is -2.28. The van der Waals surface area contributed by atoms with Gasteiger partial charge in [-0.05, 0) is 61.9 Å². The van der Waals surface area contributed by atoms with Gasteiger partial charge in [-0.25, -0.2) is 0 Å². The van der Waals surface area contributed by atoms with Crippen LogP contribution in [0.3, 0.4) is 0 Å². The third-order valence-corrected chi connectivity index (χ3v) is 4.18. The van der Waals surface area contributed by atoms with Crippen LogP contribution >= 0.6 is 0 Å². The van der Waals surface area contributed by atoms with Crippen molar-refractivity contribution in [2.75, 3.05) is 31.6 Å². The predicted octanol–water partition coefficient (Wildman–Crippen LogP) is 2.22. The topological polar surface area (TPSA) is 15.3 Å². The molecule has 0 bridgehead atoms. The summed E-state index contributed by atoms with van der Waals surface area (Å²) in [4.78, 5) is 2.39. The summed E-state index contributed by atoms with van der Waals surface area (Å²) in [6.45, 7) is 3.62. The first-order chi connectivity index (χ1) is 8.33. The quantitative estimate of drug-likeness (QED) is 0.838. The second-order valence-corrected chi connectivity index (χ2v) is 5.55. The Hall–Kier alpha value is -1.02. The number of nitrogens with one attached hydrogen (secondary N) is 1. The largest absolute Gasteiger partial charge is 0.374 e. The minimum Gasteiger partial charge on any atom is -0.374 e. The van der Waals surface area contributed by atoms with Crippen LogP contribution in [0.25, 0.3) is 0 Å². The molecule has 2 heteroatoms. The van der Waals surface area contributed by atoms with Crippen LogP contribution in [0.4, 0.5) is 5.69 Å². The molecule has 0 aliphatic carbocycles. The van der Waals surface area contributed by atoms with Gasteiger partial charge in [-0.2, -0.15) is 0 Å². The molecule has 92 valence electrons. The van der Waals surface area contributed by atoms with E-state index >= 15 is 0 Å². The number of hydrogen-bond acceptors (Lipinski definition) is 2. The molecule has 1 fully saturated rings. The molecule has 0 aromatic heterocycles. The van der Waals surface area contributed by atoms with Gasteiger partial charge in [-0.1, -0.05) is 12.1 Å². The average Bonchev–Trinajstić information content (AvgIpc) is 2.82. The van der Waals surface area contributed by atoms with Crippen molar-refractivity contribution < 1.29 is 0 Å². The fourth-order valence-corrected chi connectivity index (χ4v) is 3.19. The van der Waals surface area contributed by atoms with Gasteiger partial charge in [-0.15, -0.1) is 0 Å². The Labute approximate surface area is 104 Å². The van der Waals surface area contributed by atoms with E-state index < -0.39 is 0 Å². The van der Waals surface area contributed by atoms with Crippen molar-refractivity contribution in [3.8, 4) is 0 Å². The SMILES string of the molecule is CN1CCCc2cc(CC3CCNC3)ccc21. The van der Waals surface area contributed by atoms with Gasteiger partial charge in [0, 0.05) is 19.3 Å². The van der Waals surface area contributed by atoms with E-state index in [2.05, 4.69) is 35.5 Å². The van der Waals surface area contributed by atoms with Crippen LogP contribution in [0.15, 0.2) is 18.2 Å². The summed E-state index contributed by atoms with van der Waals surface area (Å²) < 4.78 is 0. The van der Waals surface area contributed by atoms with E-state index in [0.29, 0.717) is 0 Å². The molecule has 2 aliphatic heterocycles.